The Kier molecular flexibility index (Phi) is 5.33. The molecule has 0 radical (unpaired) electrons. The van der Waals surface area contributed by atoms with Gasteiger partial charge in [-0.1, -0.05) is 26.0 Å². The van der Waals surface area contributed by atoms with Crippen molar-refractivity contribution in [1.82, 2.24) is 14.9 Å². The number of carbonyl (C=O) groups is 1. The topological polar surface area (TPSA) is 56.2 Å². The lowest BCUT2D eigenvalue weighted by atomic mass is 10.2. The summed E-state index contributed by atoms with van der Waals surface area (Å²) in [6.45, 7) is 5.57. The van der Waals surface area contributed by atoms with Gasteiger partial charge in [0.2, 0.25) is 0 Å². The van der Waals surface area contributed by atoms with Crippen LogP contribution in [-0.2, 0) is 22.5 Å². The molecule has 114 valence electrons. The summed E-state index contributed by atoms with van der Waals surface area (Å²) >= 11 is 0. The lowest BCUT2D eigenvalue weighted by molar-refractivity contribution is -0.143. The third-order valence-electron chi connectivity index (χ3n) is 3.63. The Morgan fingerprint density at radius 2 is 2.14 bits per heavy atom. The summed E-state index contributed by atoms with van der Waals surface area (Å²) in [7, 11) is 1.43. The Morgan fingerprint density at radius 3 is 2.81 bits per heavy atom. The normalized spacial score (nSPS) is 12.5. The summed E-state index contributed by atoms with van der Waals surface area (Å²) in [5, 5.41) is 3.17. The van der Waals surface area contributed by atoms with Crippen LogP contribution >= 0.6 is 0 Å². The van der Waals surface area contributed by atoms with Crippen LogP contribution in [0.5, 0.6) is 0 Å². The number of ether oxygens (including phenoxy) is 1. The number of rotatable bonds is 7. The number of carbonyl (C=O) groups excluding carboxylic acids is 1. The Balaban J connectivity index is 2.20. The van der Waals surface area contributed by atoms with Crippen LogP contribution in [0.1, 0.15) is 26.1 Å². The fraction of sp³-hybridized carbons (Fsp3) is 0.500. The summed E-state index contributed by atoms with van der Waals surface area (Å²) in [6, 6.07) is 7.83. The highest BCUT2D eigenvalue weighted by Gasteiger charge is 2.19. The molecule has 1 aromatic heterocycles. The van der Waals surface area contributed by atoms with Gasteiger partial charge in [0.05, 0.1) is 18.1 Å². The van der Waals surface area contributed by atoms with E-state index >= 15 is 0 Å². The summed E-state index contributed by atoms with van der Waals surface area (Å²) in [5.74, 6) is 0.843. The first-order valence-corrected chi connectivity index (χ1v) is 7.46. The van der Waals surface area contributed by atoms with E-state index in [2.05, 4.69) is 27.9 Å². The number of nitrogens with one attached hydrogen (secondary N) is 1. The van der Waals surface area contributed by atoms with Crippen molar-refractivity contribution in [3.05, 3.63) is 30.1 Å². The minimum atomic E-state index is -0.272. The van der Waals surface area contributed by atoms with Gasteiger partial charge in [-0.3, -0.25) is 4.79 Å². The highest BCUT2D eigenvalue weighted by Crippen LogP contribution is 2.17. The average molecular weight is 289 g/mol. The molecule has 1 aromatic carbocycles. The Morgan fingerprint density at radius 1 is 1.38 bits per heavy atom. The van der Waals surface area contributed by atoms with Gasteiger partial charge in [0, 0.05) is 13.0 Å². The van der Waals surface area contributed by atoms with Crippen molar-refractivity contribution in [1.29, 1.82) is 0 Å². The van der Waals surface area contributed by atoms with Crippen molar-refractivity contribution >= 4 is 17.0 Å². The molecule has 2 aromatic rings. The van der Waals surface area contributed by atoms with Crippen LogP contribution in [0.2, 0.25) is 0 Å². The number of para-hydroxylation sites is 2. The number of hydrogen-bond donors (Lipinski definition) is 1. The predicted molar refractivity (Wildman–Crippen MR) is 83.2 cm³/mol. The quantitative estimate of drug-likeness (QED) is 0.793. The first-order valence-electron chi connectivity index (χ1n) is 7.46. The monoisotopic (exact) mass is 289 g/mol. The number of fused-ring (bicyclic) bond motifs is 1. The molecule has 0 spiro atoms. The maximum Gasteiger partial charge on any atom is 0.322 e. The number of aromatic nitrogens is 2. The molecule has 1 unspecified atom stereocenters. The Hall–Kier alpha value is -1.88. The minimum absolute atomic E-state index is 0.209. The maximum absolute atomic E-state index is 11.8. The van der Waals surface area contributed by atoms with Crippen LogP contribution in [0.15, 0.2) is 24.3 Å². The van der Waals surface area contributed by atoms with Crippen LogP contribution in [0.3, 0.4) is 0 Å². The lowest BCUT2D eigenvalue weighted by Gasteiger charge is -2.16. The van der Waals surface area contributed by atoms with E-state index in [-0.39, 0.29) is 12.0 Å². The third kappa shape index (κ3) is 3.42. The number of benzene rings is 1. The van der Waals surface area contributed by atoms with Crippen LogP contribution in [0.25, 0.3) is 11.0 Å². The van der Waals surface area contributed by atoms with E-state index in [0.717, 1.165) is 36.4 Å². The van der Waals surface area contributed by atoms with Crippen LogP contribution in [0, 0.1) is 0 Å². The summed E-state index contributed by atoms with van der Waals surface area (Å²) in [4.78, 5) is 16.4. The van der Waals surface area contributed by atoms with Gasteiger partial charge in [-0.05, 0) is 25.1 Å². The first kappa shape index (κ1) is 15.5. The molecule has 5 heteroatoms. The molecule has 21 heavy (non-hydrogen) atoms. The fourth-order valence-corrected chi connectivity index (χ4v) is 2.59. The van der Waals surface area contributed by atoms with E-state index in [1.165, 1.54) is 7.11 Å². The average Bonchev–Trinajstić information content (AvgIpc) is 2.88. The van der Waals surface area contributed by atoms with Crippen LogP contribution in [0.4, 0.5) is 0 Å². The summed E-state index contributed by atoms with van der Waals surface area (Å²) < 4.78 is 7.05. The summed E-state index contributed by atoms with van der Waals surface area (Å²) in [5.41, 5.74) is 2.13. The van der Waals surface area contributed by atoms with Gasteiger partial charge in [-0.15, -0.1) is 0 Å². The molecular weight excluding hydrogens is 266 g/mol. The molecule has 0 saturated heterocycles. The van der Waals surface area contributed by atoms with Crippen molar-refractivity contribution in [2.24, 2.45) is 0 Å². The molecule has 1 atom stereocenters. The highest BCUT2D eigenvalue weighted by atomic mass is 16.5. The van der Waals surface area contributed by atoms with Gasteiger partial charge in [0.15, 0.2) is 0 Å². The van der Waals surface area contributed by atoms with Crippen LogP contribution < -0.4 is 5.32 Å². The van der Waals surface area contributed by atoms with Gasteiger partial charge in [0.1, 0.15) is 11.9 Å². The maximum atomic E-state index is 11.8. The predicted octanol–water partition coefficient (Wildman–Crippen LogP) is 2.14. The number of likely N-dealkylation sites (N-methyl/N-ethyl adjacent to an activating group) is 1. The highest BCUT2D eigenvalue weighted by molar-refractivity contribution is 5.76. The number of hydrogen-bond acceptors (Lipinski definition) is 4. The lowest BCUT2D eigenvalue weighted by Crippen LogP contribution is -2.38. The van der Waals surface area contributed by atoms with E-state index in [9.17, 15) is 4.79 Å². The summed E-state index contributed by atoms with van der Waals surface area (Å²) in [6.07, 6.45) is 1.56. The molecule has 0 aliphatic heterocycles. The zero-order chi connectivity index (χ0) is 15.2. The molecule has 5 nitrogen and oxygen atoms in total. The van der Waals surface area contributed by atoms with Crippen molar-refractivity contribution < 1.29 is 9.53 Å². The van der Waals surface area contributed by atoms with E-state index in [0.29, 0.717) is 6.42 Å². The third-order valence-corrected chi connectivity index (χ3v) is 3.63. The molecule has 2 rings (SSSR count). The van der Waals surface area contributed by atoms with Gasteiger partial charge in [-0.25, -0.2) is 4.98 Å². The van der Waals surface area contributed by atoms with Crippen molar-refractivity contribution in [2.45, 2.75) is 39.3 Å². The molecular formula is C16H23N3O2. The number of aryl methyl sites for hydroxylation is 2. The fourth-order valence-electron chi connectivity index (χ4n) is 2.59. The molecule has 0 saturated carbocycles. The molecule has 0 aliphatic carbocycles. The second-order valence-corrected chi connectivity index (χ2v) is 4.94. The molecule has 1 heterocycles. The molecule has 0 amide bonds. The molecule has 0 bridgehead atoms. The number of methoxy groups -OCH3 is 1. The Bertz CT molecular complexity index is 607. The standard InChI is InChI=1S/C16H23N3O2/c1-4-15-18-12-8-6-7-9-14(12)19(15)11-10-13(17-5-2)16(20)21-3/h6-9,13,17H,4-5,10-11H2,1-3H3. The van der Waals surface area contributed by atoms with Gasteiger partial charge >= 0.3 is 5.97 Å². The van der Waals surface area contributed by atoms with Crippen molar-refractivity contribution in [3.8, 4) is 0 Å². The number of esters is 1. The van der Waals surface area contributed by atoms with Crippen molar-refractivity contribution in [3.63, 3.8) is 0 Å². The second kappa shape index (κ2) is 7.22. The Labute approximate surface area is 125 Å². The second-order valence-electron chi connectivity index (χ2n) is 4.94. The van der Waals surface area contributed by atoms with Crippen LogP contribution in [-0.4, -0.2) is 35.2 Å². The largest absolute Gasteiger partial charge is 0.468 e. The van der Waals surface area contributed by atoms with E-state index in [1.54, 1.807) is 0 Å². The minimum Gasteiger partial charge on any atom is -0.468 e. The SMILES string of the molecule is CCNC(CCn1c(CC)nc2ccccc21)C(=O)OC. The van der Waals surface area contributed by atoms with Gasteiger partial charge in [0.25, 0.3) is 0 Å². The van der Waals surface area contributed by atoms with E-state index < -0.39 is 0 Å². The number of nitrogens with zero attached hydrogens (tertiary/aromatic N) is 2. The number of imidazole rings is 1. The zero-order valence-corrected chi connectivity index (χ0v) is 12.9. The first-order chi connectivity index (χ1) is 10.2. The van der Waals surface area contributed by atoms with E-state index in [4.69, 9.17) is 4.74 Å². The smallest absolute Gasteiger partial charge is 0.322 e. The molecule has 0 fully saturated rings. The molecule has 1 N–H and O–H groups in total. The van der Waals surface area contributed by atoms with Crippen molar-refractivity contribution in [2.75, 3.05) is 13.7 Å². The van der Waals surface area contributed by atoms with Gasteiger partial charge in [-0.2, -0.15) is 0 Å². The van der Waals surface area contributed by atoms with Gasteiger partial charge < -0.3 is 14.6 Å². The molecule has 0 aliphatic rings. The zero-order valence-electron chi connectivity index (χ0n) is 12.9. The van der Waals surface area contributed by atoms with E-state index in [1.807, 2.05) is 25.1 Å².